The van der Waals surface area contributed by atoms with Gasteiger partial charge in [-0.3, -0.25) is 9.69 Å². The maximum Gasteiger partial charge on any atom is 0.227 e. The number of fused-ring (bicyclic) bond motifs is 2. The zero-order valence-corrected chi connectivity index (χ0v) is 20.8. The molecule has 3 aromatic carbocycles. The quantitative estimate of drug-likeness (QED) is 0.536. The van der Waals surface area contributed by atoms with E-state index in [2.05, 4.69) is 75.4 Å². The Hall–Kier alpha value is -2.85. The topological polar surface area (TPSA) is 26.8 Å². The van der Waals surface area contributed by atoms with Crippen LogP contribution in [0.1, 0.15) is 42.4 Å². The van der Waals surface area contributed by atoms with Crippen LogP contribution in [0.3, 0.4) is 0 Å². The molecule has 2 aliphatic heterocycles. The summed E-state index contributed by atoms with van der Waals surface area (Å²) in [5.74, 6) is 0.245. The molecule has 1 amide bonds. The van der Waals surface area contributed by atoms with Crippen molar-refractivity contribution in [2.75, 3.05) is 44.2 Å². The van der Waals surface area contributed by atoms with Crippen LogP contribution in [0, 0.1) is 0 Å². The minimum atomic E-state index is 0.245. The summed E-state index contributed by atoms with van der Waals surface area (Å²) in [6, 6.07) is 22.6. The van der Waals surface area contributed by atoms with Crippen LogP contribution < -0.4 is 4.90 Å². The molecule has 0 radical (unpaired) electrons. The zero-order valence-electron chi connectivity index (χ0n) is 20.8. The highest BCUT2D eigenvalue weighted by Crippen LogP contribution is 2.28. The summed E-state index contributed by atoms with van der Waals surface area (Å²) < 4.78 is 0. The van der Waals surface area contributed by atoms with E-state index in [4.69, 9.17) is 0 Å². The van der Waals surface area contributed by atoms with Gasteiger partial charge in [-0.25, -0.2) is 0 Å². The van der Waals surface area contributed by atoms with Crippen LogP contribution in [-0.4, -0.2) is 61.0 Å². The van der Waals surface area contributed by atoms with Crippen LogP contribution in [-0.2, 0) is 24.1 Å². The minimum Gasteiger partial charge on any atom is -0.368 e. The van der Waals surface area contributed by atoms with Crippen LogP contribution in [0.15, 0.2) is 60.7 Å². The predicted octanol–water partition coefficient (Wildman–Crippen LogP) is 5.07. The van der Waals surface area contributed by atoms with Crippen molar-refractivity contribution in [1.82, 2.24) is 9.80 Å². The molecule has 1 saturated carbocycles. The molecule has 0 atom stereocenters. The molecular weight excluding hydrogens is 430 g/mol. The molecule has 0 bridgehead atoms. The summed E-state index contributed by atoms with van der Waals surface area (Å²) in [7, 11) is 0. The van der Waals surface area contributed by atoms with E-state index in [1.54, 1.807) is 0 Å². The van der Waals surface area contributed by atoms with Crippen molar-refractivity contribution in [3.63, 3.8) is 0 Å². The number of hydrogen-bond acceptors (Lipinski definition) is 3. The first-order valence-corrected chi connectivity index (χ1v) is 13.6. The second kappa shape index (κ2) is 10.0. The molecule has 3 aliphatic rings. The Morgan fingerprint density at radius 1 is 0.771 bits per heavy atom. The largest absolute Gasteiger partial charge is 0.368 e. The number of piperazine rings is 1. The van der Waals surface area contributed by atoms with Crippen molar-refractivity contribution >= 4 is 22.4 Å². The van der Waals surface area contributed by atoms with Gasteiger partial charge in [0.2, 0.25) is 5.91 Å². The van der Waals surface area contributed by atoms with E-state index in [0.29, 0.717) is 6.42 Å². The molecule has 4 nitrogen and oxygen atoms in total. The fraction of sp³-hybridized carbons (Fsp3) is 0.452. The van der Waals surface area contributed by atoms with Crippen molar-refractivity contribution in [1.29, 1.82) is 0 Å². The van der Waals surface area contributed by atoms with E-state index in [0.717, 1.165) is 37.8 Å². The van der Waals surface area contributed by atoms with Crippen LogP contribution in [0.25, 0.3) is 10.8 Å². The van der Waals surface area contributed by atoms with Gasteiger partial charge in [0.1, 0.15) is 0 Å². The van der Waals surface area contributed by atoms with Crippen molar-refractivity contribution in [2.24, 2.45) is 0 Å². The number of anilines is 1. The molecule has 6 rings (SSSR count). The first-order chi connectivity index (χ1) is 17.2. The molecule has 0 spiro atoms. The fourth-order valence-electron chi connectivity index (χ4n) is 6.50. The second-order valence-corrected chi connectivity index (χ2v) is 10.6. The Morgan fingerprint density at radius 2 is 1.51 bits per heavy atom. The molecule has 3 aromatic rings. The Bertz CT molecular complexity index is 1190. The van der Waals surface area contributed by atoms with Crippen molar-refractivity contribution in [2.45, 2.75) is 51.0 Å². The highest BCUT2D eigenvalue weighted by Gasteiger charge is 2.26. The van der Waals surface area contributed by atoms with Gasteiger partial charge >= 0.3 is 0 Å². The summed E-state index contributed by atoms with van der Waals surface area (Å²) in [5.41, 5.74) is 5.54. The SMILES string of the molecule is O=C(Cc1cccc2ccccc12)N1CCN(c2ccc3c(c2)CCN(C2CCCC2)CC3)CC1. The number of carbonyl (C=O) groups excluding carboxylic acids is 1. The maximum atomic E-state index is 13.1. The average Bonchev–Trinajstić information content (AvgIpc) is 3.36. The van der Waals surface area contributed by atoms with Gasteiger partial charge in [0.05, 0.1) is 6.42 Å². The summed E-state index contributed by atoms with van der Waals surface area (Å²) in [4.78, 5) is 20.4. The van der Waals surface area contributed by atoms with Gasteiger partial charge in [-0.05, 0) is 65.3 Å². The highest BCUT2D eigenvalue weighted by atomic mass is 16.2. The number of rotatable bonds is 4. The average molecular weight is 468 g/mol. The fourth-order valence-corrected chi connectivity index (χ4v) is 6.50. The van der Waals surface area contributed by atoms with Crippen molar-refractivity contribution in [3.8, 4) is 0 Å². The monoisotopic (exact) mass is 467 g/mol. The van der Waals surface area contributed by atoms with Gasteiger partial charge < -0.3 is 9.80 Å². The zero-order chi connectivity index (χ0) is 23.6. The first-order valence-electron chi connectivity index (χ1n) is 13.6. The molecule has 1 saturated heterocycles. The van der Waals surface area contributed by atoms with E-state index in [1.165, 1.54) is 79.2 Å². The Morgan fingerprint density at radius 3 is 2.34 bits per heavy atom. The molecule has 4 heteroatoms. The van der Waals surface area contributed by atoms with Crippen LogP contribution in [0.5, 0.6) is 0 Å². The molecule has 2 fully saturated rings. The third-order valence-electron chi connectivity index (χ3n) is 8.59. The van der Waals surface area contributed by atoms with Crippen molar-refractivity contribution in [3.05, 3.63) is 77.4 Å². The van der Waals surface area contributed by atoms with Gasteiger partial charge in [0, 0.05) is 51.0 Å². The lowest BCUT2D eigenvalue weighted by atomic mass is 10.0. The number of carbonyl (C=O) groups is 1. The normalized spacial score (nSPS) is 19.7. The Kier molecular flexibility index (Phi) is 6.47. The predicted molar refractivity (Wildman–Crippen MR) is 144 cm³/mol. The van der Waals surface area contributed by atoms with Crippen LogP contribution in [0.4, 0.5) is 5.69 Å². The molecule has 0 aromatic heterocycles. The standard InChI is InChI=1S/C31H37N3O/c35-31(23-27-8-5-7-25-6-1-4-11-30(25)27)34-20-18-33(19-21-34)29-13-12-24-14-16-32(17-15-26(24)22-29)28-9-2-3-10-28/h1,4-8,11-13,22,28H,2-3,9-10,14-21,23H2. The van der Waals surface area contributed by atoms with E-state index < -0.39 is 0 Å². The third-order valence-corrected chi connectivity index (χ3v) is 8.59. The van der Waals surface area contributed by atoms with Crippen LogP contribution in [0.2, 0.25) is 0 Å². The molecule has 182 valence electrons. The highest BCUT2D eigenvalue weighted by molar-refractivity contribution is 5.90. The lowest BCUT2D eigenvalue weighted by Crippen LogP contribution is -2.49. The molecule has 0 N–H and O–H groups in total. The molecule has 1 aliphatic carbocycles. The smallest absolute Gasteiger partial charge is 0.227 e. The lowest BCUT2D eigenvalue weighted by molar-refractivity contribution is -0.130. The van der Waals surface area contributed by atoms with Crippen molar-refractivity contribution < 1.29 is 4.79 Å². The summed E-state index contributed by atoms with van der Waals surface area (Å²) >= 11 is 0. The first kappa shape index (κ1) is 22.6. The van der Waals surface area contributed by atoms with E-state index >= 15 is 0 Å². The Labute approximate surface area is 209 Å². The van der Waals surface area contributed by atoms with Gasteiger partial charge in [-0.2, -0.15) is 0 Å². The lowest BCUT2D eigenvalue weighted by Gasteiger charge is -2.36. The Balaban J connectivity index is 1.07. The van der Waals surface area contributed by atoms with E-state index in [1.807, 2.05) is 0 Å². The van der Waals surface area contributed by atoms with E-state index in [9.17, 15) is 4.79 Å². The van der Waals surface area contributed by atoms with Crippen LogP contribution >= 0.6 is 0 Å². The number of amides is 1. The van der Waals surface area contributed by atoms with Gasteiger partial charge in [0.25, 0.3) is 0 Å². The van der Waals surface area contributed by atoms with Gasteiger partial charge in [0.15, 0.2) is 0 Å². The number of nitrogens with zero attached hydrogens (tertiary/aromatic N) is 3. The number of benzene rings is 3. The van der Waals surface area contributed by atoms with E-state index in [-0.39, 0.29) is 5.91 Å². The number of hydrogen-bond donors (Lipinski definition) is 0. The molecule has 0 unspecified atom stereocenters. The molecular formula is C31H37N3O. The van der Waals surface area contributed by atoms with Gasteiger partial charge in [-0.15, -0.1) is 0 Å². The summed E-state index contributed by atoms with van der Waals surface area (Å²) in [6.45, 7) is 5.85. The van der Waals surface area contributed by atoms with Gasteiger partial charge in [-0.1, -0.05) is 61.4 Å². The molecule has 2 heterocycles. The summed E-state index contributed by atoms with van der Waals surface area (Å²) in [5, 5.41) is 2.40. The minimum absolute atomic E-state index is 0.245. The molecule has 35 heavy (non-hydrogen) atoms. The summed E-state index contributed by atoms with van der Waals surface area (Å²) in [6.07, 6.45) is 8.45. The third kappa shape index (κ3) is 4.81. The maximum absolute atomic E-state index is 13.1. The second-order valence-electron chi connectivity index (χ2n) is 10.6.